The largest absolute Gasteiger partial charge is 0.343 e. The minimum atomic E-state index is -1.56. The van der Waals surface area contributed by atoms with E-state index in [-0.39, 0.29) is 22.5 Å². The first-order valence-electron chi connectivity index (χ1n) is 16.5. The molecule has 3 aliphatic rings. The summed E-state index contributed by atoms with van der Waals surface area (Å²) in [7, 11) is 0. The molecular weight excluding hydrogens is 556 g/mol. The summed E-state index contributed by atoms with van der Waals surface area (Å²) < 4.78 is 67.7. The van der Waals surface area contributed by atoms with Crippen molar-refractivity contribution < 1.29 is 32.1 Å². The van der Waals surface area contributed by atoms with Crippen molar-refractivity contribution in [2.75, 3.05) is 13.2 Å². The van der Waals surface area contributed by atoms with E-state index in [9.17, 15) is 22.7 Å². The normalized spacial score (nSPS) is 31.7. The van der Waals surface area contributed by atoms with Crippen molar-refractivity contribution in [3.05, 3.63) is 59.2 Å². The Kier molecular flexibility index (Phi) is 10.6. The zero-order valence-corrected chi connectivity index (χ0v) is 25.8. The van der Waals surface area contributed by atoms with Crippen molar-refractivity contribution in [2.24, 2.45) is 29.1 Å². The van der Waals surface area contributed by atoms with Gasteiger partial charge >= 0.3 is 0 Å². The van der Waals surface area contributed by atoms with Crippen molar-refractivity contribution in [3.8, 4) is 11.1 Å². The summed E-state index contributed by atoms with van der Waals surface area (Å²) in [4.78, 5) is 0. The van der Waals surface area contributed by atoms with Gasteiger partial charge in [-0.2, -0.15) is 0 Å². The Bertz CT molecular complexity index is 1190. The Balaban J connectivity index is 1.06. The summed E-state index contributed by atoms with van der Waals surface area (Å²) in [5.74, 6) is -4.52. The van der Waals surface area contributed by atoms with Gasteiger partial charge in [0.15, 0.2) is 17.5 Å². The van der Waals surface area contributed by atoms with Gasteiger partial charge in [0.1, 0.15) is 5.82 Å². The molecule has 1 N–H and O–H groups in total. The smallest absolute Gasteiger partial charge is 0.283 e. The summed E-state index contributed by atoms with van der Waals surface area (Å²) in [6, 6.07) is 6.26. The summed E-state index contributed by atoms with van der Waals surface area (Å²) in [5.41, 5.74) is 0.753. The lowest BCUT2D eigenvalue weighted by molar-refractivity contribution is -0.431. The fourth-order valence-corrected chi connectivity index (χ4v) is 7.77. The fourth-order valence-electron chi connectivity index (χ4n) is 7.77. The van der Waals surface area contributed by atoms with Gasteiger partial charge in [-0.25, -0.2) is 17.6 Å². The number of hydrogen-bond acceptors (Lipinski definition) is 3. The van der Waals surface area contributed by atoms with E-state index in [1.165, 1.54) is 63.5 Å². The summed E-state index contributed by atoms with van der Waals surface area (Å²) in [6.07, 6.45) is 15.4. The second kappa shape index (κ2) is 14.0. The number of rotatable bonds is 10. The molecule has 3 fully saturated rings. The monoisotopic (exact) mass is 604 g/mol. The van der Waals surface area contributed by atoms with Crippen LogP contribution in [0.4, 0.5) is 17.6 Å². The predicted octanol–water partition coefficient (Wildman–Crippen LogP) is 9.73. The molecule has 1 aliphatic heterocycles. The van der Waals surface area contributed by atoms with E-state index in [1.807, 2.05) is 0 Å². The predicted molar refractivity (Wildman–Crippen MR) is 160 cm³/mol. The van der Waals surface area contributed by atoms with E-state index in [0.29, 0.717) is 31.5 Å². The highest BCUT2D eigenvalue weighted by atomic mass is 19.2. The Hall–Kier alpha value is -1.96. The molecule has 5 rings (SSSR count). The molecule has 0 unspecified atom stereocenters. The molecule has 0 aromatic heterocycles. The molecule has 1 saturated heterocycles. The molecule has 2 aromatic carbocycles. The Labute approximate surface area is 254 Å². The van der Waals surface area contributed by atoms with Gasteiger partial charge in [0.05, 0.1) is 13.2 Å². The molecule has 0 spiro atoms. The summed E-state index contributed by atoms with van der Waals surface area (Å²) in [6.45, 7) is 5.59. The highest BCUT2D eigenvalue weighted by Crippen LogP contribution is 2.48. The molecule has 7 heteroatoms. The first kappa shape index (κ1) is 32.4. The maximum absolute atomic E-state index is 14.8. The number of aryl methyl sites for hydroxylation is 1. The third-order valence-corrected chi connectivity index (χ3v) is 10.8. The van der Waals surface area contributed by atoms with Gasteiger partial charge in [0, 0.05) is 16.9 Å². The first-order valence-corrected chi connectivity index (χ1v) is 16.5. The van der Waals surface area contributed by atoms with E-state index in [1.54, 1.807) is 6.07 Å². The van der Waals surface area contributed by atoms with Crippen LogP contribution in [0.5, 0.6) is 0 Å². The zero-order chi connectivity index (χ0) is 30.6. The molecule has 0 radical (unpaired) electrons. The van der Waals surface area contributed by atoms with E-state index in [2.05, 4.69) is 13.8 Å². The van der Waals surface area contributed by atoms with Crippen LogP contribution in [0.2, 0.25) is 0 Å². The Morgan fingerprint density at radius 1 is 0.744 bits per heavy atom. The minimum Gasteiger partial charge on any atom is -0.343 e. The third kappa shape index (κ3) is 7.65. The van der Waals surface area contributed by atoms with Crippen LogP contribution < -0.4 is 0 Å². The van der Waals surface area contributed by atoms with Gasteiger partial charge in [-0.1, -0.05) is 64.5 Å². The third-order valence-electron chi connectivity index (χ3n) is 10.8. The maximum atomic E-state index is 14.8. The molecule has 2 saturated carbocycles. The van der Waals surface area contributed by atoms with Crippen molar-refractivity contribution in [1.82, 2.24) is 0 Å². The number of halogens is 4. The fraction of sp³-hybridized carbons (Fsp3) is 0.667. The molecule has 3 nitrogen and oxygen atoms in total. The van der Waals surface area contributed by atoms with Gasteiger partial charge in [-0.15, -0.1) is 0 Å². The van der Waals surface area contributed by atoms with Crippen LogP contribution in [0.3, 0.4) is 0 Å². The van der Waals surface area contributed by atoms with Crippen molar-refractivity contribution in [3.63, 3.8) is 0 Å². The highest BCUT2D eigenvalue weighted by Gasteiger charge is 2.50. The van der Waals surface area contributed by atoms with Gasteiger partial charge in [0.25, 0.3) is 5.97 Å². The Morgan fingerprint density at radius 3 is 1.91 bits per heavy atom. The van der Waals surface area contributed by atoms with Crippen LogP contribution in [0, 0.1) is 52.4 Å². The molecule has 2 aromatic rings. The molecule has 238 valence electrons. The summed E-state index contributed by atoms with van der Waals surface area (Å²) in [5, 5.41) is 11.3. The molecule has 43 heavy (non-hydrogen) atoms. The first-order chi connectivity index (χ1) is 20.6. The van der Waals surface area contributed by atoms with Gasteiger partial charge in [0.2, 0.25) is 0 Å². The van der Waals surface area contributed by atoms with Crippen molar-refractivity contribution in [2.45, 2.75) is 110 Å². The van der Waals surface area contributed by atoms with Crippen LogP contribution in [0.25, 0.3) is 11.1 Å². The van der Waals surface area contributed by atoms with Crippen molar-refractivity contribution >= 4 is 0 Å². The highest BCUT2D eigenvalue weighted by molar-refractivity contribution is 5.64. The number of ether oxygens (including phenoxy) is 2. The van der Waals surface area contributed by atoms with Crippen LogP contribution in [0.1, 0.15) is 103 Å². The molecule has 2 aliphatic carbocycles. The molecule has 0 bridgehead atoms. The van der Waals surface area contributed by atoms with E-state index in [0.717, 1.165) is 55.7 Å². The quantitative estimate of drug-likeness (QED) is 0.167. The summed E-state index contributed by atoms with van der Waals surface area (Å²) >= 11 is 0. The molecular formula is C36H48F4O3. The molecule has 1 heterocycles. The van der Waals surface area contributed by atoms with Crippen LogP contribution in [-0.4, -0.2) is 24.3 Å². The average molecular weight is 605 g/mol. The van der Waals surface area contributed by atoms with Gasteiger partial charge in [-0.3, -0.25) is 0 Å². The van der Waals surface area contributed by atoms with E-state index < -0.39 is 29.2 Å². The Morgan fingerprint density at radius 2 is 1.33 bits per heavy atom. The van der Waals surface area contributed by atoms with Gasteiger partial charge in [-0.05, 0) is 98.4 Å². The van der Waals surface area contributed by atoms with Crippen LogP contribution in [-0.2, 0) is 15.9 Å². The lowest BCUT2D eigenvalue weighted by atomic mass is 9.67. The lowest BCUT2D eigenvalue weighted by Crippen LogP contribution is -2.55. The number of unbranched alkanes of at least 4 members (excludes halogenated alkanes) is 2. The second-order valence-electron chi connectivity index (χ2n) is 13.9. The number of benzene rings is 2. The molecule has 0 amide bonds. The maximum Gasteiger partial charge on any atom is 0.283 e. The average Bonchev–Trinajstić information content (AvgIpc) is 3.01. The molecule has 0 atom stereocenters. The minimum absolute atomic E-state index is 0.0330. The lowest BCUT2D eigenvalue weighted by Gasteiger charge is -2.50. The van der Waals surface area contributed by atoms with E-state index >= 15 is 0 Å². The number of aliphatic hydroxyl groups is 1. The van der Waals surface area contributed by atoms with Crippen LogP contribution >= 0.6 is 0 Å². The topological polar surface area (TPSA) is 38.7 Å². The standard InChI is InChI=1S/C36H48F4O3/c1-3-4-5-6-24-9-14-28(15-10-24)35(2)22-42-36(41,43-23-35)29-16-11-25(12-17-29)7-8-26-13-18-30(31(37)19-26)27-20-32(38)34(40)33(39)21-27/h13,18-21,24-25,28-29,41H,3-12,14-17,22-23H2,1-2H3. The zero-order valence-electron chi connectivity index (χ0n) is 25.8. The second-order valence-corrected chi connectivity index (χ2v) is 13.9. The van der Waals surface area contributed by atoms with Crippen molar-refractivity contribution in [1.29, 1.82) is 0 Å². The van der Waals surface area contributed by atoms with Crippen LogP contribution in [0.15, 0.2) is 30.3 Å². The van der Waals surface area contributed by atoms with Gasteiger partial charge < -0.3 is 14.6 Å². The number of hydrogen-bond donors (Lipinski definition) is 1. The SMILES string of the molecule is CCCCCC1CCC(C2(C)COC(O)(C3CCC(CCc4ccc(-c5cc(F)c(F)c(F)c5)c(F)c4)CC3)OC2)CC1. The van der Waals surface area contributed by atoms with E-state index in [4.69, 9.17) is 9.47 Å².